The van der Waals surface area contributed by atoms with Crippen LogP contribution in [0.3, 0.4) is 0 Å². The first-order valence-electron chi connectivity index (χ1n) is 7.01. The van der Waals surface area contributed by atoms with Gasteiger partial charge in [0.25, 0.3) is 0 Å². The van der Waals surface area contributed by atoms with Gasteiger partial charge in [-0.15, -0.1) is 11.8 Å². The maximum atomic E-state index is 11.9. The Morgan fingerprint density at radius 2 is 2.18 bits per heavy atom. The number of benzene rings is 1. The summed E-state index contributed by atoms with van der Waals surface area (Å²) >= 11 is 7.56. The minimum absolute atomic E-state index is 0.0681. The zero-order valence-corrected chi connectivity index (χ0v) is 13.9. The lowest BCUT2D eigenvalue weighted by atomic mass is 10.2. The molecule has 1 aromatic rings. The molecule has 1 aliphatic heterocycles. The molecule has 0 bridgehead atoms. The lowest BCUT2D eigenvalue weighted by Crippen LogP contribution is -2.37. The number of nitrogens with one attached hydrogen (secondary N) is 1. The lowest BCUT2D eigenvalue weighted by Gasteiger charge is -2.13. The first-order valence-corrected chi connectivity index (χ1v) is 8.54. The summed E-state index contributed by atoms with van der Waals surface area (Å²) in [5.41, 5.74) is 1.01. The van der Waals surface area contributed by atoms with Crippen molar-refractivity contribution in [1.82, 2.24) is 10.2 Å². The third-order valence-electron chi connectivity index (χ3n) is 3.65. The Morgan fingerprint density at radius 3 is 2.82 bits per heavy atom. The monoisotopic (exact) mass is 342 g/mol. The molecule has 120 valence electrons. The van der Waals surface area contributed by atoms with Gasteiger partial charge in [-0.2, -0.15) is 0 Å². The van der Waals surface area contributed by atoms with Crippen molar-refractivity contribution >= 4 is 35.2 Å². The molecule has 1 aliphatic rings. The van der Waals surface area contributed by atoms with Gasteiger partial charge in [-0.05, 0) is 25.1 Å². The van der Waals surface area contributed by atoms with Gasteiger partial charge in [0.2, 0.25) is 5.91 Å². The molecule has 0 saturated carbocycles. The highest BCUT2D eigenvalue weighted by atomic mass is 35.5. The summed E-state index contributed by atoms with van der Waals surface area (Å²) in [4.78, 5) is 24.7. The highest BCUT2D eigenvalue weighted by Crippen LogP contribution is 2.21. The van der Waals surface area contributed by atoms with Crippen molar-refractivity contribution in [2.24, 2.45) is 0 Å². The van der Waals surface area contributed by atoms with Gasteiger partial charge in [0.15, 0.2) is 0 Å². The van der Waals surface area contributed by atoms with Crippen molar-refractivity contribution in [3.63, 3.8) is 0 Å². The molecule has 2 atom stereocenters. The molecule has 0 radical (unpaired) electrons. The molecule has 22 heavy (non-hydrogen) atoms. The SMILES string of the molecule is CN1C[C@@H](NC(=O)CSCc2ccccc2Cl)C[C@H]1C(=O)O. The van der Waals surface area contributed by atoms with E-state index in [1.807, 2.05) is 24.3 Å². The van der Waals surface area contributed by atoms with Gasteiger partial charge in [0.05, 0.1) is 5.75 Å². The molecular formula is C15H19ClN2O3S. The van der Waals surface area contributed by atoms with Crippen LogP contribution >= 0.6 is 23.4 Å². The Kier molecular flexibility index (Phi) is 6.11. The van der Waals surface area contributed by atoms with E-state index in [4.69, 9.17) is 16.7 Å². The number of carbonyl (C=O) groups excluding carboxylic acids is 1. The molecule has 1 saturated heterocycles. The number of thioether (sulfide) groups is 1. The summed E-state index contributed by atoms with van der Waals surface area (Å²) in [6.45, 7) is 0.567. The van der Waals surface area contributed by atoms with E-state index >= 15 is 0 Å². The van der Waals surface area contributed by atoms with Crippen molar-refractivity contribution in [1.29, 1.82) is 0 Å². The fourth-order valence-corrected chi connectivity index (χ4v) is 3.66. The number of carboxylic acid groups (broad SMARTS) is 1. The van der Waals surface area contributed by atoms with Crippen molar-refractivity contribution in [3.8, 4) is 0 Å². The van der Waals surface area contributed by atoms with E-state index in [-0.39, 0.29) is 11.9 Å². The van der Waals surface area contributed by atoms with Gasteiger partial charge in [-0.3, -0.25) is 14.5 Å². The molecular weight excluding hydrogens is 324 g/mol. The van der Waals surface area contributed by atoms with Gasteiger partial charge in [0, 0.05) is 23.4 Å². The lowest BCUT2D eigenvalue weighted by molar-refractivity contribution is -0.141. The number of carbonyl (C=O) groups is 2. The van der Waals surface area contributed by atoms with E-state index in [9.17, 15) is 9.59 Å². The van der Waals surface area contributed by atoms with Crippen LogP contribution in [0, 0.1) is 0 Å². The number of aliphatic carboxylic acids is 1. The third kappa shape index (κ3) is 4.63. The van der Waals surface area contributed by atoms with Crippen LogP contribution in [0.5, 0.6) is 0 Å². The number of carboxylic acids is 1. The van der Waals surface area contributed by atoms with E-state index in [0.717, 1.165) is 5.56 Å². The fourth-order valence-electron chi connectivity index (χ4n) is 2.53. The van der Waals surface area contributed by atoms with Gasteiger partial charge >= 0.3 is 5.97 Å². The predicted octanol–water partition coefficient (Wildman–Crippen LogP) is 1.85. The van der Waals surface area contributed by atoms with Crippen LogP contribution < -0.4 is 5.32 Å². The molecule has 5 nitrogen and oxygen atoms in total. The Morgan fingerprint density at radius 1 is 1.45 bits per heavy atom. The maximum absolute atomic E-state index is 11.9. The van der Waals surface area contributed by atoms with Crippen LogP contribution in [0.1, 0.15) is 12.0 Å². The van der Waals surface area contributed by atoms with Crippen LogP contribution in [0.15, 0.2) is 24.3 Å². The number of hydrogen-bond acceptors (Lipinski definition) is 4. The molecule has 0 aromatic heterocycles. The second kappa shape index (κ2) is 7.85. The molecule has 1 amide bonds. The highest BCUT2D eigenvalue weighted by molar-refractivity contribution is 7.99. The summed E-state index contributed by atoms with van der Waals surface area (Å²) < 4.78 is 0. The molecule has 0 aliphatic carbocycles. The molecule has 0 unspecified atom stereocenters. The molecule has 0 spiro atoms. The van der Waals surface area contributed by atoms with Gasteiger partial charge in [-0.25, -0.2) is 0 Å². The van der Waals surface area contributed by atoms with Crippen molar-refractivity contribution in [3.05, 3.63) is 34.9 Å². The largest absolute Gasteiger partial charge is 0.480 e. The minimum Gasteiger partial charge on any atom is -0.480 e. The van der Waals surface area contributed by atoms with Crippen LogP contribution in [0.25, 0.3) is 0 Å². The van der Waals surface area contributed by atoms with E-state index in [2.05, 4.69) is 5.32 Å². The van der Waals surface area contributed by atoms with Crippen molar-refractivity contribution in [2.45, 2.75) is 24.3 Å². The number of rotatable bonds is 6. The summed E-state index contributed by atoms with van der Waals surface area (Å²) in [7, 11) is 1.76. The van der Waals surface area contributed by atoms with Gasteiger partial charge in [0.1, 0.15) is 6.04 Å². The molecule has 2 rings (SSSR count). The smallest absolute Gasteiger partial charge is 0.320 e. The Labute approximate surface area is 139 Å². The number of halogens is 1. The van der Waals surface area contributed by atoms with Crippen LogP contribution in [0.2, 0.25) is 5.02 Å². The topological polar surface area (TPSA) is 69.6 Å². The first-order chi connectivity index (χ1) is 10.5. The van der Waals surface area contributed by atoms with E-state index in [0.29, 0.717) is 29.5 Å². The van der Waals surface area contributed by atoms with Crippen molar-refractivity contribution < 1.29 is 14.7 Å². The number of likely N-dealkylation sites (N-methyl/N-ethyl adjacent to an activating group) is 1. The Balaban J connectivity index is 1.73. The maximum Gasteiger partial charge on any atom is 0.320 e. The normalized spacial score (nSPS) is 21.7. The highest BCUT2D eigenvalue weighted by Gasteiger charge is 2.34. The standard InChI is InChI=1S/C15H19ClN2O3S/c1-18-7-11(6-13(18)15(20)21)17-14(19)9-22-8-10-4-2-3-5-12(10)16/h2-5,11,13H,6-9H2,1H3,(H,17,19)(H,20,21)/t11-,13-/m0/s1. The summed E-state index contributed by atoms with van der Waals surface area (Å²) in [5.74, 6) is 0.104. The second-order valence-electron chi connectivity index (χ2n) is 5.38. The van der Waals surface area contributed by atoms with E-state index in [1.165, 1.54) is 11.8 Å². The average Bonchev–Trinajstić information content (AvgIpc) is 2.82. The molecule has 1 aromatic carbocycles. The summed E-state index contributed by atoms with van der Waals surface area (Å²) in [6, 6.07) is 6.95. The summed E-state index contributed by atoms with van der Waals surface area (Å²) in [6.07, 6.45) is 0.451. The molecule has 2 N–H and O–H groups in total. The fraction of sp³-hybridized carbons (Fsp3) is 0.467. The van der Waals surface area contributed by atoms with Crippen molar-refractivity contribution in [2.75, 3.05) is 19.3 Å². The van der Waals surface area contributed by atoms with Gasteiger partial charge < -0.3 is 10.4 Å². The van der Waals surface area contributed by atoms with Gasteiger partial charge in [-0.1, -0.05) is 29.8 Å². The zero-order chi connectivity index (χ0) is 16.1. The number of likely N-dealkylation sites (tertiary alicyclic amines) is 1. The quantitative estimate of drug-likeness (QED) is 0.825. The number of nitrogens with zero attached hydrogens (tertiary/aromatic N) is 1. The second-order valence-corrected chi connectivity index (χ2v) is 6.77. The average molecular weight is 343 g/mol. The van der Waals surface area contributed by atoms with Crippen LogP contribution in [-0.2, 0) is 15.3 Å². The number of amides is 1. The van der Waals surface area contributed by atoms with E-state index < -0.39 is 12.0 Å². The van der Waals surface area contributed by atoms with Crippen LogP contribution in [0.4, 0.5) is 0 Å². The zero-order valence-electron chi connectivity index (χ0n) is 12.3. The molecule has 1 heterocycles. The predicted molar refractivity (Wildman–Crippen MR) is 88.2 cm³/mol. The van der Waals surface area contributed by atoms with Crippen LogP contribution in [-0.4, -0.2) is 53.3 Å². The molecule has 7 heteroatoms. The van der Waals surface area contributed by atoms with E-state index in [1.54, 1.807) is 11.9 Å². The number of hydrogen-bond donors (Lipinski definition) is 2. The Hall–Kier alpha value is -1.24. The molecule has 1 fully saturated rings. The Bertz CT molecular complexity index is 555. The summed E-state index contributed by atoms with van der Waals surface area (Å²) in [5, 5.41) is 12.7. The first kappa shape index (κ1) is 17.1. The minimum atomic E-state index is -0.840. The third-order valence-corrected chi connectivity index (χ3v) is 5.00.